The van der Waals surface area contributed by atoms with Gasteiger partial charge in [-0.1, -0.05) is 0 Å². The normalized spacial score (nSPS) is 24.9. The molecule has 0 unspecified atom stereocenters. The minimum atomic E-state index is -0.688. The Morgan fingerprint density at radius 2 is 2.00 bits per heavy atom. The maximum absolute atomic E-state index is 11.9. The summed E-state index contributed by atoms with van der Waals surface area (Å²) in [4.78, 5) is 23.0. The second-order valence-corrected chi connectivity index (χ2v) is 5.57. The number of amides is 1. The van der Waals surface area contributed by atoms with Crippen molar-refractivity contribution in [3.05, 3.63) is 0 Å². The highest BCUT2D eigenvalue weighted by Crippen LogP contribution is 2.32. The largest absolute Gasteiger partial charge is 0.459 e. The SMILES string of the molecule is CC(C)(C)NC(=O)[C@H]1CC(=O)OC1(C)C. The predicted molar refractivity (Wildman–Crippen MR) is 56.2 cm³/mol. The zero-order valence-electron chi connectivity index (χ0n) is 10.0. The van der Waals surface area contributed by atoms with Gasteiger partial charge in [0.2, 0.25) is 5.91 Å². The van der Waals surface area contributed by atoms with E-state index in [4.69, 9.17) is 4.74 Å². The van der Waals surface area contributed by atoms with Crippen LogP contribution in [0.5, 0.6) is 0 Å². The van der Waals surface area contributed by atoms with E-state index in [0.29, 0.717) is 0 Å². The first kappa shape index (κ1) is 12.0. The highest BCUT2D eigenvalue weighted by Gasteiger charge is 2.46. The number of esters is 1. The molecule has 0 aliphatic carbocycles. The summed E-state index contributed by atoms with van der Waals surface area (Å²) in [5.74, 6) is -0.795. The van der Waals surface area contributed by atoms with Crippen molar-refractivity contribution < 1.29 is 14.3 Å². The molecule has 4 nitrogen and oxygen atoms in total. The minimum absolute atomic E-state index is 0.113. The number of carbonyl (C=O) groups is 2. The van der Waals surface area contributed by atoms with Crippen molar-refractivity contribution in [2.24, 2.45) is 5.92 Å². The topological polar surface area (TPSA) is 55.4 Å². The summed E-state index contributed by atoms with van der Waals surface area (Å²) < 4.78 is 5.10. The fraction of sp³-hybridized carbons (Fsp3) is 0.818. The molecule has 0 bridgehead atoms. The molecule has 1 rings (SSSR count). The van der Waals surface area contributed by atoms with Gasteiger partial charge < -0.3 is 10.1 Å². The molecule has 1 fully saturated rings. The second kappa shape index (κ2) is 3.51. The number of rotatable bonds is 1. The summed E-state index contributed by atoms with van der Waals surface area (Å²) in [5.41, 5.74) is -0.967. The molecule has 0 aromatic heterocycles. The fourth-order valence-electron chi connectivity index (χ4n) is 1.68. The van der Waals surface area contributed by atoms with E-state index in [1.54, 1.807) is 13.8 Å². The van der Waals surface area contributed by atoms with E-state index in [1.165, 1.54) is 0 Å². The monoisotopic (exact) mass is 213 g/mol. The Morgan fingerprint density at radius 1 is 1.47 bits per heavy atom. The van der Waals surface area contributed by atoms with Crippen LogP contribution in [0.3, 0.4) is 0 Å². The van der Waals surface area contributed by atoms with E-state index >= 15 is 0 Å². The van der Waals surface area contributed by atoms with Gasteiger partial charge in [0.15, 0.2) is 0 Å². The van der Waals surface area contributed by atoms with Crippen LogP contribution < -0.4 is 5.32 Å². The Labute approximate surface area is 90.4 Å². The molecular formula is C11H19NO3. The van der Waals surface area contributed by atoms with E-state index in [0.717, 1.165) is 0 Å². The van der Waals surface area contributed by atoms with Crippen molar-refractivity contribution in [1.29, 1.82) is 0 Å². The van der Waals surface area contributed by atoms with Gasteiger partial charge in [0.1, 0.15) is 5.60 Å². The molecule has 1 saturated heterocycles. The molecule has 15 heavy (non-hydrogen) atoms. The van der Waals surface area contributed by atoms with Gasteiger partial charge in [0.25, 0.3) is 0 Å². The molecule has 1 heterocycles. The number of hydrogen-bond acceptors (Lipinski definition) is 3. The average Bonchev–Trinajstić information content (AvgIpc) is 2.20. The van der Waals surface area contributed by atoms with Crippen LogP contribution in [0.2, 0.25) is 0 Å². The highest BCUT2D eigenvalue weighted by molar-refractivity contribution is 5.88. The number of ether oxygens (including phenoxy) is 1. The summed E-state index contributed by atoms with van der Waals surface area (Å²) in [6.45, 7) is 9.27. The van der Waals surface area contributed by atoms with E-state index in [2.05, 4.69) is 5.32 Å². The van der Waals surface area contributed by atoms with Crippen LogP contribution in [0, 0.1) is 5.92 Å². The zero-order valence-corrected chi connectivity index (χ0v) is 10.0. The van der Waals surface area contributed by atoms with Crippen molar-refractivity contribution in [2.75, 3.05) is 0 Å². The summed E-state index contributed by atoms with van der Waals surface area (Å²) in [7, 11) is 0. The third kappa shape index (κ3) is 2.94. The lowest BCUT2D eigenvalue weighted by Gasteiger charge is -2.28. The second-order valence-electron chi connectivity index (χ2n) is 5.57. The molecule has 0 aromatic rings. The van der Waals surface area contributed by atoms with E-state index in [1.807, 2.05) is 20.8 Å². The third-order valence-corrected chi connectivity index (χ3v) is 2.40. The fourth-order valence-corrected chi connectivity index (χ4v) is 1.68. The smallest absolute Gasteiger partial charge is 0.307 e. The van der Waals surface area contributed by atoms with Crippen LogP contribution in [0.4, 0.5) is 0 Å². The number of carbonyl (C=O) groups excluding carboxylic acids is 2. The number of nitrogens with one attached hydrogen (secondary N) is 1. The maximum atomic E-state index is 11.9. The molecule has 1 N–H and O–H groups in total. The first-order chi connectivity index (χ1) is 6.62. The third-order valence-electron chi connectivity index (χ3n) is 2.40. The lowest BCUT2D eigenvalue weighted by Crippen LogP contribution is -2.48. The summed E-state index contributed by atoms with van der Waals surface area (Å²) in [6, 6.07) is 0. The Hall–Kier alpha value is -1.06. The van der Waals surface area contributed by atoms with Crippen LogP contribution in [0.25, 0.3) is 0 Å². The van der Waals surface area contributed by atoms with Gasteiger partial charge in [-0.25, -0.2) is 0 Å². The molecule has 1 aliphatic rings. The summed E-state index contributed by atoms with van der Waals surface area (Å²) >= 11 is 0. The van der Waals surface area contributed by atoms with Crippen molar-refractivity contribution in [2.45, 2.75) is 52.2 Å². The molecule has 0 spiro atoms. The Bertz CT molecular complexity index is 289. The van der Waals surface area contributed by atoms with Gasteiger partial charge in [-0.15, -0.1) is 0 Å². The van der Waals surface area contributed by atoms with Crippen molar-refractivity contribution in [1.82, 2.24) is 5.32 Å². The predicted octanol–water partition coefficient (Wildman–Crippen LogP) is 1.24. The van der Waals surface area contributed by atoms with E-state index in [9.17, 15) is 9.59 Å². The van der Waals surface area contributed by atoms with Gasteiger partial charge in [-0.2, -0.15) is 0 Å². The van der Waals surface area contributed by atoms with Crippen LogP contribution in [-0.4, -0.2) is 23.0 Å². The standard InChI is InChI=1S/C11H19NO3/c1-10(2,3)12-9(14)7-6-8(13)15-11(7,4)5/h7H,6H2,1-5H3,(H,12,14)/t7-/m1/s1. The Balaban J connectivity index is 2.72. The van der Waals surface area contributed by atoms with Crippen LogP contribution >= 0.6 is 0 Å². The first-order valence-electron chi connectivity index (χ1n) is 5.16. The van der Waals surface area contributed by atoms with E-state index < -0.39 is 5.60 Å². The molecular weight excluding hydrogens is 194 g/mol. The molecule has 1 amide bonds. The molecule has 1 aliphatic heterocycles. The van der Waals surface area contributed by atoms with Gasteiger partial charge in [-0.3, -0.25) is 9.59 Å². The van der Waals surface area contributed by atoms with Gasteiger partial charge in [-0.05, 0) is 34.6 Å². The zero-order chi connectivity index (χ0) is 11.9. The molecule has 1 atom stereocenters. The molecule has 86 valence electrons. The Kier molecular flexibility index (Phi) is 2.81. The first-order valence-corrected chi connectivity index (χ1v) is 5.16. The van der Waals surface area contributed by atoms with Gasteiger partial charge >= 0.3 is 5.97 Å². The minimum Gasteiger partial charge on any atom is -0.459 e. The van der Waals surface area contributed by atoms with Crippen LogP contribution in [0.1, 0.15) is 41.0 Å². The molecule has 0 radical (unpaired) electrons. The van der Waals surface area contributed by atoms with Gasteiger partial charge in [0.05, 0.1) is 12.3 Å². The van der Waals surface area contributed by atoms with E-state index in [-0.39, 0.29) is 29.8 Å². The molecule has 4 heteroatoms. The Morgan fingerprint density at radius 3 is 2.33 bits per heavy atom. The summed E-state index contributed by atoms with van der Waals surface area (Å²) in [5, 5.41) is 2.87. The lowest BCUT2D eigenvalue weighted by molar-refractivity contribution is -0.147. The van der Waals surface area contributed by atoms with Crippen molar-refractivity contribution >= 4 is 11.9 Å². The van der Waals surface area contributed by atoms with Crippen molar-refractivity contribution in [3.63, 3.8) is 0 Å². The quantitative estimate of drug-likeness (QED) is 0.667. The van der Waals surface area contributed by atoms with Gasteiger partial charge in [0, 0.05) is 5.54 Å². The maximum Gasteiger partial charge on any atom is 0.307 e. The molecule has 0 saturated carbocycles. The average molecular weight is 213 g/mol. The lowest BCUT2D eigenvalue weighted by atomic mass is 9.89. The molecule has 0 aromatic carbocycles. The highest BCUT2D eigenvalue weighted by atomic mass is 16.6. The van der Waals surface area contributed by atoms with Crippen LogP contribution in [-0.2, 0) is 14.3 Å². The summed E-state index contributed by atoms with van der Waals surface area (Å²) in [6.07, 6.45) is 0.176. The van der Waals surface area contributed by atoms with Crippen LogP contribution in [0.15, 0.2) is 0 Å². The number of hydrogen-bond donors (Lipinski definition) is 1. The number of cyclic esters (lactones) is 1. The van der Waals surface area contributed by atoms with Crippen molar-refractivity contribution in [3.8, 4) is 0 Å².